The summed E-state index contributed by atoms with van der Waals surface area (Å²) in [7, 11) is 0. The maximum atomic E-state index is 12.7. The second-order valence-corrected chi connectivity index (χ2v) is 5.72. The summed E-state index contributed by atoms with van der Waals surface area (Å²) in [5, 5.41) is 5.83. The van der Waals surface area contributed by atoms with Gasteiger partial charge in [-0.3, -0.25) is 4.79 Å². The molecule has 6 heteroatoms. The molecule has 1 aromatic carbocycles. The van der Waals surface area contributed by atoms with E-state index in [9.17, 15) is 18.0 Å². The summed E-state index contributed by atoms with van der Waals surface area (Å²) in [6.45, 7) is 0.397. The highest BCUT2D eigenvalue weighted by Crippen LogP contribution is 2.37. The number of halogens is 3. The van der Waals surface area contributed by atoms with Crippen LogP contribution in [0.15, 0.2) is 30.3 Å². The number of carbonyl (C=O) groups excluding carboxylic acids is 1. The van der Waals surface area contributed by atoms with Gasteiger partial charge in [0.15, 0.2) is 0 Å². The first-order chi connectivity index (χ1) is 10.4. The van der Waals surface area contributed by atoms with Gasteiger partial charge in [-0.15, -0.1) is 0 Å². The molecular weight excluding hydrogens is 293 g/mol. The zero-order valence-electron chi connectivity index (χ0n) is 12.3. The largest absolute Gasteiger partial charge is 0.391 e. The fraction of sp³-hybridized carbons (Fsp3) is 0.562. The van der Waals surface area contributed by atoms with Gasteiger partial charge in [0.05, 0.1) is 5.92 Å². The van der Waals surface area contributed by atoms with E-state index in [1.807, 2.05) is 18.2 Å². The van der Waals surface area contributed by atoms with Gasteiger partial charge in [0.25, 0.3) is 0 Å². The lowest BCUT2D eigenvalue weighted by molar-refractivity contribution is -0.183. The zero-order valence-corrected chi connectivity index (χ0v) is 12.3. The minimum atomic E-state index is -4.11. The number of alkyl halides is 3. The summed E-state index contributed by atoms with van der Waals surface area (Å²) in [5.74, 6) is -1.35. The Hall–Kier alpha value is -1.56. The molecule has 122 valence electrons. The molecule has 0 bridgehead atoms. The monoisotopic (exact) mass is 314 g/mol. The van der Waals surface area contributed by atoms with Gasteiger partial charge < -0.3 is 10.6 Å². The molecule has 2 N–H and O–H groups in total. The summed E-state index contributed by atoms with van der Waals surface area (Å²) in [5.41, 5.74) is 0.724. The van der Waals surface area contributed by atoms with Crippen molar-refractivity contribution in [2.24, 2.45) is 5.92 Å². The number of nitrogens with one attached hydrogen (secondary N) is 2. The summed E-state index contributed by atoms with van der Waals surface area (Å²) in [4.78, 5) is 11.7. The Labute approximate surface area is 128 Å². The number of para-hydroxylation sites is 1. The normalized spacial score (nSPS) is 22.3. The molecule has 1 fully saturated rings. The number of amides is 1. The van der Waals surface area contributed by atoms with Crippen LogP contribution in [0.3, 0.4) is 0 Å². The summed E-state index contributed by atoms with van der Waals surface area (Å²) in [6.07, 6.45) is -2.20. The van der Waals surface area contributed by atoms with Gasteiger partial charge in [-0.2, -0.15) is 13.2 Å². The van der Waals surface area contributed by atoms with Crippen LogP contribution in [-0.2, 0) is 4.79 Å². The molecule has 1 aromatic rings. The summed E-state index contributed by atoms with van der Waals surface area (Å²) >= 11 is 0. The van der Waals surface area contributed by atoms with Crippen LogP contribution in [-0.4, -0.2) is 24.7 Å². The number of anilines is 1. The maximum absolute atomic E-state index is 12.7. The van der Waals surface area contributed by atoms with Crippen molar-refractivity contribution >= 4 is 11.6 Å². The number of rotatable bonds is 5. The quantitative estimate of drug-likeness (QED) is 0.869. The first-order valence-electron chi connectivity index (χ1n) is 7.60. The zero-order chi connectivity index (χ0) is 16.0. The first-order valence-corrected chi connectivity index (χ1v) is 7.60. The van der Waals surface area contributed by atoms with E-state index in [-0.39, 0.29) is 31.2 Å². The molecule has 1 aliphatic rings. The van der Waals surface area contributed by atoms with Crippen molar-refractivity contribution in [3.8, 4) is 0 Å². The number of benzene rings is 1. The fourth-order valence-corrected chi connectivity index (χ4v) is 2.81. The van der Waals surface area contributed by atoms with Gasteiger partial charge in [0, 0.05) is 24.7 Å². The Bertz CT molecular complexity index is 476. The lowest BCUT2D eigenvalue weighted by Crippen LogP contribution is -2.39. The highest BCUT2D eigenvalue weighted by molar-refractivity contribution is 5.90. The number of hydrogen-bond donors (Lipinski definition) is 2. The average molecular weight is 314 g/mol. The van der Waals surface area contributed by atoms with Gasteiger partial charge in [0.2, 0.25) is 5.91 Å². The van der Waals surface area contributed by atoms with Crippen molar-refractivity contribution in [3.63, 3.8) is 0 Å². The van der Waals surface area contributed by atoms with E-state index >= 15 is 0 Å². The van der Waals surface area contributed by atoms with Gasteiger partial charge in [-0.1, -0.05) is 24.6 Å². The minimum Gasteiger partial charge on any atom is -0.326 e. The molecule has 0 saturated heterocycles. The van der Waals surface area contributed by atoms with Crippen LogP contribution in [0.2, 0.25) is 0 Å². The van der Waals surface area contributed by atoms with Gasteiger partial charge in [-0.05, 0) is 31.4 Å². The molecule has 0 heterocycles. The minimum absolute atomic E-state index is 0.115. The highest BCUT2D eigenvalue weighted by Gasteiger charge is 2.41. The standard InChI is InChI=1S/C16H21F3N2O/c17-16(18,19)12-5-4-8-14(11-12)20-10-9-15(22)21-13-6-2-1-3-7-13/h1-3,6-7,12,14,20H,4-5,8-11H2,(H,21,22). The molecule has 22 heavy (non-hydrogen) atoms. The van der Waals surface area contributed by atoms with Crippen LogP contribution in [0.4, 0.5) is 18.9 Å². The number of carbonyl (C=O) groups is 1. The molecule has 0 aliphatic heterocycles. The van der Waals surface area contributed by atoms with E-state index in [0.29, 0.717) is 13.0 Å². The molecule has 2 rings (SSSR count). The third-order valence-electron chi connectivity index (χ3n) is 3.98. The van der Waals surface area contributed by atoms with Crippen LogP contribution in [0.1, 0.15) is 32.1 Å². The van der Waals surface area contributed by atoms with E-state index in [4.69, 9.17) is 0 Å². The van der Waals surface area contributed by atoms with Crippen molar-refractivity contribution in [2.75, 3.05) is 11.9 Å². The van der Waals surface area contributed by atoms with Crippen molar-refractivity contribution in [1.29, 1.82) is 0 Å². The van der Waals surface area contributed by atoms with E-state index in [1.165, 1.54) is 0 Å². The number of hydrogen-bond acceptors (Lipinski definition) is 2. The van der Waals surface area contributed by atoms with Crippen LogP contribution < -0.4 is 10.6 Å². The molecule has 0 radical (unpaired) electrons. The molecule has 0 aromatic heterocycles. The maximum Gasteiger partial charge on any atom is 0.391 e. The van der Waals surface area contributed by atoms with E-state index in [2.05, 4.69) is 10.6 Å². The third kappa shape index (κ3) is 5.33. The summed E-state index contributed by atoms with van der Waals surface area (Å²) in [6, 6.07) is 8.95. The van der Waals surface area contributed by atoms with Gasteiger partial charge >= 0.3 is 6.18 Å². The molecular formula is C16H21F3N2O. The molecule has 3 nitrogen and oxygen atoms in total. The molecule has 0 spiro atoms. The van der Waals surface area contributed by atoms with Crippen molar-refractivity contribution in [2.45, 2.75) is 44.3 Å². The Kier molecular flexibility index (Phi) is 5.83. The lowest BCUT2D eigenvalue weighted by atomic mass is 9.85. The second kappa shape index (κ2) is 7.63. The third-order valence-corrected chi connectivity index (χ3v) is 3.98. The average Bonchev–Trinajstić information content (AvgIpc) is 2.48. The topological polar surface area (TPSA) is 41.1 Å². The highest BCUT2D eigenvalue weighted by atomic mass is 19.4. The lowest BCUT2D eigenvalue weighted by Gasteiger charge is -2.31. The Balaban J connectivity index is 1.69. The summed E-state index contributed by atoms with van der Waals surface area (Å²) < 4.78 is 38.1. The first kappa shape index (κ1) is 16.8. The fourth-order valence-electron chi connectivity index (χ4n) is 2.81. The molecule has 1 saturated carbocycles. The van der Waals surface area contributed by atoms with Crippen molar-refractivity contribution in [1.82, 2.24) is 5.32 Å². The molecule has 2 unspecified atom stereocenters. The van der Waals surface area contributed by atoms with Gasteiger partial charge in [0.1, 0.15) is 0 Å². The van der Waals surface area contributed by atoms with Crippen molar-refractivity contribution in [3.05, 3.63) is 30.3 Å². The molecule has 1 aliphatic carbocycles. The van der Waals surface area contributed by atoms with Gasteiger partial charge in [-0.25, -0.2) is 0 Å². The van der Waals surface area contributed by atoms with E-state index in [1.54, 1.807) is 12.1 Å². The van der Waals surface area contributed by atoms with Crippen molar-refractivity contribution < 1.29 is 18.0 Å². The van der Waals surface area contributed by atoms with Crippen LogP contribution in [0.5, 0.6) is 0 Å². The van der Waals surface area contributed by atoms with E-state index < -0.39 is 12.1 Å². The van der Waals surface area contributed by atoms with Crippen LogP contribution >= 0.6 is 0 Å². The Morgan fingerprint density at radius 3 is 2.59 bits per heavy atom. The predicted octanol–water partition coefficient (Wildman–Crippen LogP) is 3.73. The Morgan fingerprint density at radius 2 is 1.91 bits per heavy atom. The predicted molar refractivity (Wildman–Crippen MR) is 79.5 cm³/mol. The second-order valence-electron chi connectivity index (χ2n) is 5.72. The van der Waals surface area contributed by atoms with E-state index in [0.717, 1.165) is 12.1 Å². The van der Waals surface area contributed by atoms with Crippen LogP contribution in [0.25, 0.3) is 0 Å². The SMILES string of the molecule is O=C(CCNC1CCCC(C(F)(F)F)C1)Nc1ccccc1. The molecule has 2 atom stereocenters. The van der Waals surface area contributed by atoms with Crippen LogP contribution in [0, 0.1) is 5.92 Å². The smallest absolute Gasteiger partial charge is 0.326 e. The Morgan fingerprint density at radius 1 is 1.18 bits per heavy atom. The molecule has 1 amide bonds.